The minimum Gasteiger partial charge on any atom is -0.462 e. The van der Waals surface area contributed by atoms with Crippen LogP contribution in [0.3, 0.4) is 0 Å². The summed E-state index contributed by atoms with van der Waals surface area (Å²) in [6, 6.07) is 0. The monoisotopic (exact) mass is 941 g/mol. The van der Waals surface area contributed by atoms with E-state index in [1.807, 2.05) is 0 Å². The molecule has 0 aliphatic carbocycles. The van der Waals surface area contributed by atoms with E-state index in [9.17, 15) is 14.7 Å². The van der Waals surface area contributed by atoms with Crippen molar-refractivity contribution < 1.29 is 24.2 Å². The number of carbonyl (C=O) groups is 2. The fourth-order valence-corrected chi connectivity index (χ4v) is 7.61. The summed E-state index contributed by atoms with van der Waals surface area (Å²) in [7, 11) is 0. The largest absolute Gasteiger partial charge is 0.462 e. The quantitative estimate of drug-likeness (QED) is 0.0374. The van der Waals surface area contributed by atoms with E-state index in [2.05, 4.69) is 135 Å². The first kappa shape index (κ1) is 64.3. The normalized spacial score (nSPS) is 13.2. The van der Waals surface area contributed by atoms with E-state index >= 15 is 0 Å². The Balaban J connectivity index is 3.53. The van der Waals surface area contributed by atoms with Gasteiger partial charge in [-0.3, -0.25) is 9.59 Å². The fraction of sp³-hybridized carbons (Fsp3) is 0.651. The molecule has 0 aromatic rings. The smallest absolute Gasteiger partial charge is 0.306 e. The molecule has 68 heavy (non-hydrogen) atoms. The second-order valence-electron chi connectivity index (χ2n) is 18.2. The van der Waals surface area contributed by atoms with Crippen LogP contribution >= 0.6 is 0 Å². The summed E-state index contributed by atoms with van der Waals surface area (Å²) in [4.78, 5) is 24.5. The Bertz CT molecular complexity index is 1390. The maximum Gasteiger partial charge on any atom is 0.306 e. The number of allylic oxidation sites excluding steroid dienone is 20. The zero-order valence-electron chi connectivity index (χ0n) is 44.1. The van der Waals surface area contributed by atoms with Crippen molar-refractivity contribution in [2.45, 2.75) is 251 Å². The molecule has 0 amide bonds. The number of ether oxygens (including phenoxy) is 2. The van der Waals surface area contributed by atoms with E-state index in [0.29, 0.717) is 12.8 Å². The van der Waals surface area contributed by atoms with E-state index in [-0.39, 0.29) is 25.2 Å². The van der Waals surface area contributed by atoms with Crippen LogP contribution in [0.15, 0.2) is 122 Å². The number of esters is 2. The number of aliphatic hydroxyl groups is 1. The van der Waals surface area contributed by atoms with Crippen LogP contribution in [0.2, 0.25) is 0 Å². The molecular formula is C63H104O5. The third-order valence-electron chi connectivity index (χ3n) is 11.8. The molecule has 0 aromatic heterocycles. The van der Waals surface area contributed by atoms with Crippen LogP contribution in [0.1, 0.15) is 245 Å². The van der Waals surface area contributed by atoms with Crippen molar-refractivity contribution in [3.8, 4) is 0 Å². The van der Waals surface area contributed by atoms with E-state index in [0.717, 1.165) is 103 Å². The van der Waals surface area contributed by atoms with Crippen LogP contribution in [-0.4, -0.2) is 36.4 Å². The van der Waals surface area contributed by atoms with Crippen molar-refractivity contribution in [1.29, 1.82) is 0 Å². The van der Waals surface area contributed by atoms with E-state index in [1.54, 1.807) is 0 Å². The van der Waals surface area contributed by atoms with Gasteiger partial charge in [0.15, 0.2) is 6.10 Å². The van der Waals surface area contributed by atoms with Crippen LogP contribution in [0.4, 0.5) is 0 Å². The molecule has 5 nitrogen and oxygen atoms in total. The summed E-state index contributed by atoms with van der Waals surface area (Å²) in [6.07, 6.45) is 84.6. The molecule has 0 fully saturated rings. The zero-order valence-corrected chi connectivity index (χ0v) is 44.1. The van der Waals surface area contributed by atoms with Gasteiger partial charge >= 0.3 is 11.9 Å². The Morgan fingerprint density at radius 2 is 0.588 bits per heavy atom. The van der Waals surface area contributed by atoms with Gasteiger partial charge in [-0.05, 0) is 103 Å². The lowest BCUT2D eigenvalue weighted by Crippen LogP contribution is -2.28. The highest BCUT2D eigenvalue weighted by atomic mass is 16.6. The van der Waals surface area contributed by atoms with Gasteiger partial charge in [-0.15, -0.1) is 0 Å². The predicted molar refractivity (Wildman–Crippen MR) is 297 cm³/mol. The van der Waals surface area contributed by atoms with E-state index in [4.69, 9.17) is 9.47 Å². The number of hydrogen-bond donors (Lipinski definition) is 1. The third-order valence-corrected chi connectivity index (χ3v) is 11.8. The average Bonchev–Trinajstić information content (AvgIpc) is 3.34. The molecule has 0 saturated heterocycles. The molecule has 0 radical (unpaired) electrons. The highest BCUT2D eigenvalue weighted by molar-refractivity contribution is 5.70. The van der Waals surface area contributed by atoms with Gasteiger partial charge in [-0.1, -0.05) is 251 Å². The number of hydrogen-bond acceptors (Lipinski definition) is 5. The zero-order chi connectivity index (χ0) is 49.2. The lowest BCUT2D eigenvalue weighted by molar-refractivity contribution is -0.161. The molecule has 0 aliphatic rings. The standard InChI is InChI=1S/C63H104O5/c1-3-5-7-9-11-13-15-17-19-21-23-25-26-27-28-29-30-31-32-33-34-35-36-38-39-41-43-45-47-49-51-53-55-57-62(65)67-60-61(59-64)68-63(66)58-56-54-52-50-48-46-44-42-40-37-24-22-20-18-16-14-12-10-8-6-4-2/h5-8,11-14,17-20,23-25,37,42,44,48,50,61,64H,3-4,9-10,15-16,21-22,26-36,38-41,43,45-47,49,51-60H2,1-2H3/b7-5-,8-6-,13-11-,14-12-,19-17-,20-18-,25-23-,37-24-,44-42-,50-48-. The minimum atomic E-state index is -0.802. The second-order valence-corrected chi connectivity index (χ2v) is 18.2. The van der Waals surface area contributed by atoms with Gasteiger partial charge < -0.3 is 14.6 Å². The van der Waals surface area contributed by atoms with Crippen molar-refractivity contribution >= 4 is 11.9 Å². The fourth-order valence-electron chi connectivity index (χ4n) is 7.61. The highest BCUT2D eigenvalue weighted by Gasteiger charge is 2.16. The molecule has 0 rings (SSSR count). The topological polar surface area (TPSA) is 72.8 Å². The predicted octanol–water partition coefficient (Wildman–Crippen LogP) is 19.1. The Morgan fingerprint density at radius 3 is 0.912 bits per heavy atom. The molecule has 1 unspecified atom stereocenters. The molecular weight excluding hydrogens is 837 g/mol. The molecule has 0 saturated carbocycles. The summed E-state index contributed by atoms with van der Waals surface area (Å²) >= 11 is 0. The summed E-state index contributed by atoms with van der Waals surface area (Å²) in [5, 5.41) is 9.64. The molecule has 0 heterocycles. The minimum absolute atomic E-state index is 0.0884. The third kappa shape index (κ3) is 54.9. The first-order valence-electron chi connectivity index (χ1n) is 28.1. The summed E-state index contributed by atoms with van der Waals surface area (Å²) < 4.78 is 10.7. The van der Waals surface area contributed by atoms with Crippen LogP contribution < -0.4 is 0 Å². The highest BCUT2D eigenvalue weighted by Crippen LogP contribution is 2.16. The van der Waals surface area contributed by atoms with Gasteiger partial charge in [0.25, 0.3) is 0 Å². The number of unbranched alkanes of at least 4 members (excludes halogenated alkanes) is 22. The Morgan fingerprint density at radius 1 is 0.338 bits per heavy atom. The number of carbonyl (C=O) groups excluding carboxylic acids is 2. The average molecular weight is 942 g/mol. The summed E-state index contributed by atoms with van der Waals surface area (Å²) in [6.45, 7) is 3.88. The van der Waals surface area contributed by atoms with Gasteiger partial charge in [0.1, 0.15) is 6.61 Å². The van der Waals surface area contributed by atoms with Crippen LogP contribution in [0.25, 0.3) is 0 Å². The first-order valence-corrected chi connectivity index (χ1v) is 28.1. The maximum absolute atomic E-state index is 12.3. The Kier molecular flexibility index (Phi) is 54.5. The summed E-state index contributed by atoms with van der Waals surface area (Å²) in [5.41, 5.74) is 0. The van der Waals surface area contributed by atoms with Crippen molar-refractivity contribution in [2.75, 3.05) is 13.2 Å². The maximum atomic E-state index is 12.3. The Hall–Kier alpha value is -3.70. The molecule has 1 N–H and O–H groups in total. The molecule has 0 aromatic carbocycles. The second kappa shape index (κ2) is 57.6. The van der Waals surface area contributed by atoms with Gasteiger partial charge in [0.05, 0.1) is 6.61 Å². The number of aliphatic hydroxyl groups excluding tert-OH is 1. The van der Waals surface area contributed by atoms with Gasteiger partial charge in [-0.2, -0.15) is 0 Å². The first-order chi connectivity index (χ1) is 33.6. The van der Waals surface area contributed by atoms with Crippen molar-refractivity contribution in [1.82, 2.24) is 0 Å². The van der Waals surface area contributed by atoms with E-state index < -0.39 is 6.10 Å². The van der Waals surface area contributed by atoms with Crippen LogP contribution in [0.5, 0.6) is 0 Å². The van der Waals surface area contributed by atoms with Crippen molar-refractivity contribution in [3.05, 3.63) is 122 Å². The lowest BCUT2D eigenvalue weighted by atomic mass is 10.0. The van der Waals surface area contributed by atoms with Crippen molar-refractivity contribution in [3.63, 3.8) is 0 Å². The van der Waals surface area contributed by atoms with E-state index in [1.165, 1.54) is 116 Å². The lowest BCUT2D eigenvalue weighted by Gasteiger charge is -2.15. The molecule has 0 aliphatic heterocycles. The molecule has 1 atom stereocenters. The molecule has 5 heteroatoms. The van der Waals surface area contributed by atoms with Gasteiger partial charge in [-0.25, -0.2) is 0 Å². The molecule has 0 bridgehead atoms. The van der Waals surface area contributed by atoms with Crippen LogP contribution in [-0.2, 0) is 19.1 Å². The number of rotatable bonds is 50. The van der Waals surface area contributed by atoms with Gasteiger partial charge in [0, 0.05) is 12.8 Å². The Labute approximate surface area is 420 Å². The van der Waals surface area contributed by atoms with Gasteiger partial charge in [0.2, 0.25) is 0 Å². The summed E-state index contributed by atoms with van der Waals surface area (Å²) in [5.74, 6) is -0.642. The molecule has 386 valence electrons. The SMILES string of the molecule is CC/C=C\C/C=C\C/C=C\C/C=C\C/C=C\C/C=C\CCCCC(=O)OC(CO)COC(=O)CCCCCCCCCCCCCCCCCCCCCC/C=C\C/C=C\C/C=C\C/C=C\CC. The van der Waals surface area contributed by atoms with Crippen molar-refractivity contribution in [2.24, 2.45) is 0 Å². The molecule has 0 spiro atoms. The van der Waals surface area contributed by atoms with Crippen LogP contribution in [0, 0.1) is 0 Å².